The summed E-state index contributed by atoms with van der Waals surface area (Å²) in [5, 5.41) is 51.6. The van der Waals surface area contributed by atoms with E-state index in [1.165, 1.54) is 82.6 Å². The molecule has 0 bridgehead atoms. The Kier molecular flexibility index (Phi) is 13.9. The molecule has 0 atom stereocenters. The molecule has 4 aromatic carbocycles. The molecule has 22 nitrogen and oxygen atoms in total. The average molecular weight is 1080 g/mol. The SMILES string of the molecule is CN1CC(O)(c2cccc(Oc3ccc(OC(F)F)c(-c4[nH]ncc4NC(=O)c4cnn5cccnc45)c3)c2)C1.O=C(Nc1cn[nH]c1-c1cc(Oc2cccc(C3(O)CNC3)c2)ccc1OC(F)F)c1cnn2cccnc12. The lowest BCUT2D eigenvalue weighted by Gasteiger charge is -2.44. The summed E-state index contributed by atoms with van der Waals surface area (Å²) in [6.45, 7) is -4.32. The average Bonchev–Trinajstić information content (AvgIpc) is 4.33. The van der Waals surface area contributed by atoms with Gasteiger partial charge in [0.25, 0.3) is 11.8 Å². The molecule has 2 saturated heterocycles. The molecular formula is C53H44F4N14O8. The zero-order chi connectivity index (χ0) is 54.8. The van der Waals surface area contributed by atoms with Gasteiger partial charge in [-0.15, -0.1) is 0 Å². The number of hydrogen-bond acceptors (Lipinski definition) is 16. The number of β-amino-alcohol motifs (C(OH)–C–C–N with tert-alkyl or cyclic N) is 2. The normalized spacial score (nSPS) is 14.5. The molecule has 12 rings (SSSR count). The van der Waals surface area contributed by atoms with Crippen molar-refractivity contribution in [3.63, 3.8) is 0 Å². The highest BCUT2D eigenvalue weighted by molar-refractivity contribution is 6.10. The summed E-state index contributed by atoms with van der Waals surface area (Å²) >= 11 is 0. The van der Waals surface area contributed by atoms with Gasteiger partial charge in [0, 0.05) is 62.1 Å². The molecule has 0 radical (unpaired) electrons. The highest BCUT2D eigenvalue weighted by atomic mass is 19.3. The van der Waals surface area contributed by atoms with Crippen LogP contribution >= 0.6 is 0 Å². The Hall–Kier alpha value is -9.76. The number of carbonyl (C=O) groups is 2. The smallest absolute Gasteiger partial charge is 0.387 e. The van der Waals surface area contributed by atoms with Crippen molar-refractivity contribution in [3.8, 4) is 57.0 Å². The van der Waals surface area contributed by atoms with Crippen LogP contribution < -0.4 is 34.9 Å². The number of likely N-dealkylation sites (tertiary alicyclic amines) is 1. The van der Waals surface area contributed by atoms with Crippen molar-refractivity contribution in [2.24, 2.45) is 0 Å². The lowest BCUT2D eigenvalue weighted by atomic mass is 9.86. The van der Waals surface area contributed by atoms with Gasteiger partial charge in [-0.2, -0.15) is 38.0 Å². The molecule has 0 unspecified atom stereocenters. The van der Waals surface area contributed by atoms with E-state index in [4.69, 9.17) is 18.9 Å². The Labute approximate surface area is 443 Å². The Morgan fingerprint density at radius 1 is 0.608 bits per heavy atom. The van der Waals surface area contributed by atoms with E-state index in [-0.39, 0.29) is 56.5 Å². The monoisotopic (exact) mass is 1080 g/mol. The zero-order valence-electron chi connectivity index (χ0n) is 41.2. The first-order valence-corrected chi connectivity index (χ1v) is 24.0. The van der Waals surface area contributed by atoms with Crippen LogP contribution in [0.25, 0.3) is 33.8 Å². The van der Waals surface area contributed by atoms with Gasteiger partial charge in [-0.3, -0.25) is 24.7 Å². The quantitative estimate of drug-likeness (QED) is 0.0463. The summed E-state index contributed by atoms with van der Waals surface area (Å²) < 4.78 is 77.4. The van der Waals surface area contributed by atoms with Gasteiger partial charge < -0.3 is 45.1 Å². The van der Waals surface area contributed by atoms with Crippen LogP contribution in [0.5, 0.6) is 34.5 Å². The first-order chi connectivity index (χ1) is 38.2. The molecule has 402 valence electrons. The molecule has 2 amide bonds. The minimum Gasteiger partial charge on any atom is -0.457 e. The van der Waals surface area contributed by atoms with Crippen LogP contribution in [0.1, 0.15) is 31.8 Å². The lowest BCUT2D eigenvalue weighted by Crippen LogP contribution is -2.57. The lowest BCUT2D eigenvalue weighted by molar-refractivity contribution is -0.0919. The predicted octanol–water partition coefficient (Wildman–Crippen LogP) is 7.45. The number of alkyl halides is 4. The highest BCUT2D eigenvalue weighted by Crippen LogP contribution is 2.41. The minimum absolute atomic E-state index is 0.152. The van der Waals surface area contributed by atoms with Gasteiger partial charge in [0.15, 0.2) is 11.3 Å². The summed E-state index contributed by atoms with van der Waals surface area (Å²) in [6, 6.07) is 26.0. The summed E-state index contributed by atoms with van der Waals surface area (Å²) in [7, 11) is 1.92. The van der Waals surface area contributed by atoms with Crippen molar-refractivity contribution in [2.75, 3.05) is 43.9 Å². The number of benzene rings is 4. The fraction of sp³-hybridized carbons (Fsp3) is 0.170. The molecule has 79 heavy (non-hydrogen) atoms. The van der Waals surface area contributed by atoms with Gasteiger partial charge >= 0.3 is 13.2 Å². The molecule has 0 spiro atoms. The van der Waals surface area contributed by atoms with E-state index in [0.717, 1.165) is 0 Å². The second-order valence-corrected chi connectivity index (χ2v) is 18.3. The van der Waals surface area contributed by atoms with Crippen LogP contribution in [0.3, 0.4) is 0 Å². The first-order valence-electron chi connectivity index (χ1n) is 24.0. The van der Waals surface area contributed by atoms with E-state index in [9.17, 15) is 37.4 Å². The number of aliphatic hydroxyl groups is 2. The molecule has 2 aliphatic rings. The molecule has 7 N–H and O–H groups in total. The standard InChI is InChI=1S/C27H23F2N7O4.C26H21F2N7O4/c1-35-14-27(38,15-35)16-4-2-5-17(10-16)39-18-6-7-22(40-26(28)29)19(11-18)23-21(13-31-34-23)33-25(37)20-12-32-36-9-3-8-30-24(20)36;27-25(28)39-21-6-5-17(38-16-4-1-3-15(9-16)26(37)13-29-14-26)10-18(21)22-20(12-31-34-22)33-24(36)19-11-32-35-8-2-7-30-23(19)35/h2-13,26,38H,14-15H2,1H3,(H,31,34)(H,33,37);1-12,25,29,37H,13-14H2,(H,31,34)(H,33,36). The largest absolute Gasteiger partial charge is 0.457 e. The van der Waals surface area contributed by atoms with E-state index in [1.54, 1.807) is 67.0 Å². The number of carbonyl (C=O) groups excluding carboxylic acids is 2. The number of aromatic nitrogens is 10. The van der Waals surface area contributed by atoms with Gasteiger partial charge in [-0.1, -0.05) is 24.3 Å². The number of nitrogens with zero attached hydrogens (tertiary/aromatic N) is 9. The topological polar surface area (TPSA) is 269 Å². The third-order valence-corrected chi connectivity index (χ3v) is 12.8. The second kappa shape index (κ2) is 21.3. The van der Waals surface area contributed by atoms with Crippen LogP contribution in [-0.2, 0) is 11.2 Å². The summed E-state index contributed by atoms with van der Waals surface area (Å²) in [4.78, 5) is 36.5. The van der Waals surface area contributed by atoms with Crippen molar-refractivity contribution in [1.29, 1.82) is 0 Å². The van der Waals surface area contributed by atoms with E-state index < -0.39 is 36.2 Å². The number of aromatic amines is 2. The molecule has 6 aromatic heterocycles. The number of nitrogens with one attached hydrogen (secondary N) is 5. The minimum atomic E-state index is -3.09. The number of fused-ring (bicyclic) bond motifs is 2. The van der Waals surface area contributed by atoms with Crippen molar-refractivity contribution in [2.45, 2.75) is 24.4 Å². The zero-order valence-corrected chi connectivity index (χ0v) is 41.2. The molecule has 2 fully saturated rings. The van der Waals surface area contributed by atoms with Crippen LogP contribution in [-0.4, -0.2) is 123 Å². The Bertz CT molecular complexity index is 3860. The van der Waals surface area contributed by atoms with E-state index in [1.807, 2.05) is 18.0 Å². The van der Waals surface area contributed by atoms with Gasteiger partial charge in [0.1, 0.15) is 56.8 Å². The molecule has 8 heterocycles. The maximum atomic E-state index is 13.3. The van der Waals surface area contributed by atoms with Crippen molar-refractivity contribution >= 4 is 34.5 Å². The highest BCUT2D eigenvalue weighted by Gasteiger charge is 2.41. The molecule has 10 aromatic rings. The van der Waals surface area contributed by atoms with Gasteiger partial charge in [0.05, 0.1) is 47.6 Å². The predicted molar refractivity (Wildman–Crippen MR) is 274 cm³/mol. The third-order valence-electron chi connectivity index (χ3n) is 12.8. The maximum Gasteiger partial charge on any atom is 0.387 e. The summed E-state index contributed by atoms with van der Waals surface area (Å²) in [6.07, 6.45) is 11.8. The van der Waals surface area contributed by atoms with Crippen LogP contribution in [0, 0.1) is 0 Å². The van der Waals surface area contributed by atoms with Gasteiger partial charge in [-0.05, 0) is 91.0 Å². The van der Waals surface area contributed by atoms with Gasteiger partial charge in [-0.25, -0.2) is 19.0 Å². The van der Waals surface area contributed by atoms with Crippen molar-refractivity contribution < 1.29 is 56.3 Å². The number of hydrogen-bond donors (Lipinski definition) is 7. The summed E-state index contributed by atoms with van der Waals surface area (Å²) in [5.74, 6) is 0.171. The van der Waals surface area contributed by atoms with E-state index in [0.29, 0.717) is 71.6 Å². The number of anilines is 2. The second-order valence-electron chi connectivity index (χ2n) is 18.3. The molecule has 26 heteroatoms. The number of H-pyrrole nitrogens is 2. The number of likely N-dealkylation sites (N-methyl/N-ethyl adjacent to an activating group) is 1. The summed E-state index contributed by atoms with van der Waals surface area (Å²) in [5.41, 5.74) is 1.83. The Morgan fingerprint density at radius 2 is 1.06 bits per heavy atom. The fourth-order valence-electron chi connectivity index (χ4n) is 9.03. The fourth-order valence-corrected chi connectivity index (χ4v) is 9.03. The van der Waals surface area contributed by atoms with Crippen LogP contribution in [0.15, 0.2) is 147 Å². The van der Waals surface area contributed by atoms with Crippen molar-refractivity contribution in [1.82, 2.24) is 59.8 Å². The Balaban J connectivity index is 0.000000167. The molecule has 2 aliphatic heterocycles. The molecule has 0 saturated carbocycles. The first kappa shape index (κ1) is 51.4. The van der Waals surface area contributed by atoms with Crippen LogP contribution in [0.2, 0.25) is 0 Å². The molecular weight excluding hydrogens is 1040 g/mol. The number of ether oxygens (including phenoxy) is 4. The Morgan fingerprint density at radius 3 is 1.49 bits per heavy atom. The van der Waals surface area contributed by atoms with Gasteiger partial charge in [0.2, 0.25) is 0 Å². The number of rotatable bonds is 16. The van der Waals surface area contributed by atoms with Crippen LogP contribution in [0.4, 0.5) is 28.9 Å². The number of amides is 2. The third kappa shape index (κ3) is 10.8. The molecule has 0 aliphatic carbocycles. The maximum absolute atomic E-state index is 13.3. The van der Waals surface area contributed by atoms with E-state index >= 15 is 0 Å². The van der Waals surface area contributed by atoms with Crippen molar-refractivity contribution in [3.05, 3.63) is 169 Å². The number of halogens is 4. The van der Waals surface area contributed by atoms with E-state index in [2.05, 4.69) is 56.5 Å².